The van der Waals surface area contributed by atoms with Gasteiger partial charge in [-0.2, -0.15) is 0 Å². The highest BCUT2D eigenvalue weighted by Crippen LogP contribution is 2.21. The first-order chi connectivity index (χ1) is 7.99. The van der Waals surface area contributed by atoms with E-state index >= 15 is 0 Å². The summed E-state index contributed by atoms with van der Waals surface area (Å²) in [6, 6.07) is 0. The number of aromatic nitrogens is 4. The highest BCUT2D eigenvalue weighted by Gasteiger charge is 2.13. The molecule has 0 saturated carbocycles. The molecule has 0 saturated heterocycles. The van der Waals surface area contributed by atoms with Crippen molar-refractivity contribution in [2.24, 2.45) is 0 Å². The molecule has 0 aromatic carbocycles. The van der Waals surface area contributed by atoms with Gasteiger partial charge in [0.15, 0.2) is 5.82 Å². The van der Waals surface area contributed by atoms with E-state index in [4.69, 9.17) is 0 Å². The maximum Gasteiger partial charge on any atom is 0.180 e. The van der Waals surface area contributed by atoms with Gasteiger partial charge in [-0.25, -0.2) is 15.0 Å². The molecule has 0 aliphatic carbocycles. The van der Waals surface area contributed by atoms with Crippen LogP contribution in [0.1, 0.15) is 42.5 Å². The normalized spacial score (nSPS) is 11.2. The number of rotatable bonds is 2. The van der Waals surface area contributed by atoms with E-state index in [0.717, 1.165) is 28.5 Å². The average Bonchev–Trinajstić information content (AvgIpc) is 2.65. The van der Waals surface area contributed by atoms with E-state index in [2.05, 4.69) is 33.8 Å². The zero-order valence-electron chi connectivity index (χ0n) is 11.0. The molecule has 0 spiro atoms. The second kappa shape index (κ2) is 4.28. The molecule has 2 rings (SSSR count). The van der Waals surface area contributed by atoms with Gasteiger partial charge in [-0.05, 0) is 26.3 Å². The molecule has 17 heavy (non-hydrogen) atoms. The van der Waals surface area contributed by atoms with Crippen LogP contribution in [0.4, 0.5) is 0 Å². The van der Waals surface area contributed by atoms with Crippen LogP contribution >= 0.6 is 0 Å². The van der Waals surface area contributed by atoms with Crippen molar-refractivity contribution < 1.29 is 0 Å². The molecule has 0 radical (unpaired) electrons. The van der Waals surface area contributed by atoms with Crippen LogP contribution in [0.3, 0.4) is 0 Å². The van der Waals surface area contributed by atoms with E-state index in [1.807, 2.05) is 27.0 Å². The highest BCUT2D eigenvalue weighted by atomic mass is 15.0. The quantitative estimate of drug-likeness (QED) is 0.863. The first kappa shape index (κ1) is 11.8. The Kier molecular flexibility index (Phi) is 2.96. The third-order valence-electron chi connectivity index (χ3n) is 2.89. The van der Waals surface area contributed by atoms with Gasteiger partial charge < -0.3 is 4.98 Å². The van der Waals surface area contributed by atoms with Gasteiger partial charge in [0.2, 0.25) is 0 Å². The lowest BCUT2D eigenvalue weighted by atomic mass is 10.2. The Hall–Kier alpha value is -1.71. The van der Waals surface area contributed by atoms with Crippen molar-refractivity contribution >= 4 is 0 Å². The summed E-state index contributed by atoms with van der Waals surface area (Å²) < 4.78 is 0. The number of aromatic amines is 1. The van der Waals surface area contributed by atoms with Crippen molar-refractivity contribution in [2.75, 3.05) is 0 Å². The molecule has 0 unspecified atom stereocenters. The maximum atomic E-state index is 4.57. The number of H-pyrrole nitrogens is 1. The summed E-state index contributed by atoms with van der Waals surface area (Å²) >= 11 is 0. The van der Waals surface area contributed by atoms with E-state index in [1.165, 1.54) is 0 Å². The molecule has 1 N–H and O–H groups in total. The fourth-order valence-corrected chi connectivity index (χ4v) is 1.62. The SMILES string of the molecule is Cc1cnc(-c2nc(C(C)C)[nH]c2C)nc1C. The molecule has 2 aromatic heterocycles. The number of aryl methyl sites for hydroxylation is 3. The van der Waals surface area contributed by atoms with Crippen molar-refractivity contribution in [3.63, 3.8) is 0 Å². The zero-order chi connectivity index (χ0) is 12.6. The molecule has 2 heterocycles. The summed E-state index contributed by atoms with van der Waals surface area (Å²) in [7, 11) is 0. The van der Waals surface area contributed by atoms with Gasteiger partial charge >= 0.3 is 0 Å². The van der Waals surface area contributed by atoms with E-state index in [-0.39, 0.29) is 0 Å². The molecule has 4 heteroatoms. The van der Waals surface area contributed by atoms with Gasteiger partial charge in [0.05, 0.1) is 0 Å². The Morgan fingerprint density at radius 3 is 2.35 bits per heavy atom. The summed E-state index contributed by atoms with van der Waals surface area (Å²) in [5, 5.41) is 0. The van der Waals surface area contributed by atoms with Gasteiger partial charge in [0.25, 0.3) is 0 Å². The van der Waals surface area contributed by atoms with Gasteiger partial charge in [-0.15, -0.1) is 0 Å². The first-order valence-corrected chi connectivity index (χ1v) is 5.86. The standard InChI is InChI=1S/C13H18N4/c1-7(2)12-16-10(5)11(17-12)13-14-6-8(3)9(4)15-13/h6-7H,1-5H3,(H,16,17). The monoisotopic (exact) mass is 230 g/mol. The summed E-state index contributed by atoms with van der Waals surface area (Å²) in [6.45, 7) is 10.2. The largest absolute Gasteiger partial charge is 0.345 e. The van der Waals surface area contributed by atoms with Gasteiger partial charge in [0, 0.05) is 23.5 Å². The van der Waals surface area contributed by atoms with Crippen molar-refractivity contribution in [2.45, 2.75) is 40.5 Å². The molecule has 90 valence electrons. The first-order valence-electron chi connectivity index (χ1n) is 5.86. The summed E-state index contributed by atoms with van der Waals surface area (Å²) in [6.07, 6.45) is 1.85. The zero-order valence-corrected chi connectivity index (χ0v) is 11.0. The number of imidazole rings is 1. The van der Waals surface area contributed by atoms with Gasteiger partial charge in [-0.3, -0.25) is 0 Å². The average molecular weight is 230 g/mol. The highest BCUT2D eigenvalue weighted by molar-refractivity contribution is 5.53. The van der Waals surface area contributed by atoms with Crippen LogP contribution in [-0.4, -0.2) is 19.9 Å². The minimum absolute atomic E-state index is 0.383. The third-order valence-corrected chi connectivity index (χ3v) is 2.89. The molecular weight excluding hydrogens is 212 g/mol. The number of hydrogen-bond donors (Lipinski definition) is 1. The van der Waals surface area contributed by atoms with E-state index in [9.17, 15) is 0 Å². The summed E-state index contributed by atoms with van der Waals surface area (Å²) in [5.41, 5.74) is 3.99. The Balaban J connectivity index is 2.49. The molecule has 0 fully saturated rings. The van der Waals surface area contributed by atoms with Gasteiger partial charge in [0.1, 0.15) is 11.5 Å². The molecule has 0 atom stereocenters. The third kappa shape index (κ3) is 2.20. The van der Waals surface area contributed by atoms with Crippen molar-refractivity contribution in [1.82, 2.24) is 19.9 Å². The van der Waals surface area contributed by atoms with Crippen LogP contribution in [0.2, 0.25) is 0 Å². The summed E-state index contributed by atoms with van der Waals surface area (Å²) in [5.74, 6) is 2.07. The van der Waals surface area contributed by atoms with E-state index in [0.29, 0.717) is 11.7 Å². The predicted octanol–water partition coefficient (Wildman–Crippen LogP) is 2.92. The predicted molar refractivity (Wildman–Crippen MR) is 67.9 cm³/mol. The van der Waals surface area contributed by atoms with Crippen LogP contribution < -0.4 is 0 Å². The smallest absolute Gasteiger partial charge is 0.180 e. The fourth-order valence-electron chi connectivity index (χ4n) is 1.62. The maximum absolute atomic E-state index is 4.57. The Morgan fingerprint density at radius 1 is 1.12 bits per heavy atom. The van der Waals surface area contributed by atoms with Crippen LogP contribution in [0.25, 0.3) is 11.5 Å². The Morgan fingerprint density at radius 2 is 1.82 bits per heavy atom. The van der Waals surface area contributed by atoms with Crippen LogP contribution in [-0.2, 0) is 0 Å². The second-order valence-electron chi connectivity index (χ2n) is 4.71. The Labute approximate surface area is 102 Å². The number of hydrogen-bond acceptors (Lipinski definition) is 3. The molecule has 0 bridgehead atoms. The van der Waals surface area contributed by atoms with Crippen LogP contribution in [0.15, 0.2) is 6.20 Å². The lowest BCUT2D eigenvalue weighted by molar-refractivity contribution is 0.792. The lowest BCUT2D eigenvalue weighted by Gasteiger charge is -2.01. The van der Waals surface area contributed by atoms with Crippen molar-refractivity contribution in [1.29, 1.82) is 0 Å². The van der Waals surface area contributed by atoms with Crippen molar-refractivity contribution in [3.05, 3.63) is 29.0 Å². The molecule has 0 amide bonds. The minimum atomic E-state index is 0.383. The van der Waals surface area contributed by atoms with E-state index in [1.54, 1.807) is 0 Å². The lowest BCUT2D eigenvalue weighted by Crippen LogP contribution is -1.96. The fraction of sp³-hybridized carbons (Fsp3) is 0.462. The number of nitrogens with zero attached hydrogens (tertiary/aromatic N) is 3. The van der Waals surface area contributed by atoms with E-state index < -0.39 is 0 Å². The topological polar surface area (TPSA) is 54.5 Å². The number of nitrogens with one attached hydrogen (secondary N) is 1. The van der Waals surface area contributed by atoms with Crippen LogP contribution in [0.5, 0.6) is 0 Å². The molecule has 0 aliphatic rings. The second-order valence-corrected chi connectivity index (χ2v) is 4.71. The minimum Gasteiger partial charge on any atom is -0.345 e. The molecular formula is C13H18N4. The molecule has 4 nitrogen and oxygen atoms in total. The summed E-state index contributed by atoms with van der Waals surface area (Å²) in [4.78, 5) is 16.7. The van der Waals surface area contributed by atoms with Crippen LogP contribution in [0, 0.1) is 20.8 Å². The molecule has 0 aliphatic heterocycles. The molecule has 2 aromatic rings. The van der Waals surface area contributed by atoms with Crippen molar-refractivity contribution in [3.8, 4) is 11.5 Å². The Bertz CT molecular complexity index is 540. The van der Waals surface area contributed by atoms with Gasteiger partial charge in [-0.1, -0.05) is 13.8 Å².